The molecule has 1 saturated carbocycles. The molecule has 0 aromatic carbocycles. The highest BCUT2D eigenvalue weighted by atomic mass is 19.1. The third kappa shape index (κ3) is 2.72. The van der Waals surface area contributed by atoms with Crippen LogP contribution in [0.3, 0.4) is 0 Å². The van der Waals surface area contributed by atoms with Gasteiger partial charge in [0.15, 0.2) is 0 Å². The van der Waals surface area contributed by atoms with Crippen LogP contribution in [0.1, 0.15) is 46.2 Å². The maximum absolute atomic E-state index is 12.9. The molecule has 2 nitrogen and oxygen atoms in total. The first-order chi connectivity index (χ1) is 8.37. The highest BCUT2D eigenvalue weighted by Gasteiger charge is 2.54. The molecule has 2 rings (SSSR count). The standard InChI is InChI=1S/C15H23FN2/c1-5-15(13-7-6-12(16)10-17-13)8-11(15)9-18-14(2,3)4/h6-7,10-11,18H,5,8-9H2,1-4H3. The minimum atomic E-state index is -0.255. The van der Waals surface area contributed by atoms with Crippen LogP contribution in [0.2, 0.25) is 0 Å². The fraction of sp³-hybridized carbons (Fsp3) is 0.667. The number of rotatable bonds is 4. The lowest BCUT2D eigenvalue weighted by Crippen LogP contribution is -2.38. The topological polar surface area (TPSA) is 24.9 Å². The SMILES string of the molecule is CCC1(c2ccc(F)cn2)CC1CNC(C)(C)C. The van der Waals surface area contributed by atoms with Gasteiger partial charge in [0.05, 0.1) is 6.20 Å². The van der Waals surface area contributed by atoms with E-state index in [2.05, 4.69) is 38.0 Å². The highest BCUT2D eigenvalue weighted by Crippen LogP contribution is 2.55. The Bertz CT molecular complexity index is 407. The molecule has 100 valence electrons. The van der Waals surface area contributed by atoms with E-state index in [1.807, 2.05) is 6.07 Å². The Morgan fingerprint density at radius 2 is 2.17 bits per heavy atom. The summed E-state index contributed by atoms with van der Waals surface area (Å²) < 4.78 is 12.9. The molecule has 1 aliphatic carbocycles. The molecule has 1 N–H and O–H groups in total. The summed E-state index contributed by atoms with van der Waals surface area (Å²) >= 11 is 0. The number of nitrogens with zero attached hydrogens (tertiary/aromatic N) is 1. The summed E-state index contributed by atoms with van der Waals surface area (Å²) in [6, 6.07) is 3.36. The molecule has 1 fully saturated rings. The Balaban J connectivity index is 2.04. The molecule has 1 heterocycles. The molecule has 0 saturated heterocycles. The van der Waals surface area contributed by atoms with Crippen LogP contribution in [0, 0.1) is 11.7 Å². The summed E-state index contributed by atoms with van der Waals surface area (Å²) in [5, 5.41) is 3.55. The Kier molecular flexibility index (Phi) is 3.45. The monoisotopic (exact) mass is 250 g/mol. The van der Waals surface area contributed by atoms with E-state index in [1.165, 1.54) is 12.3 Å². The van der Waals surface area contributed by atoms with Crippen molar-refractivity contribution in [2.24, 2.45) is 5.92 Å². The molecule has 0 bridgehead atoms. The van der Waals surface area contributed by atoms with Crippen molar-refractivity contribution in [3.8, 4) is 0 Å². The van der Waals surface area contributed by atoms with Crippen LogP contribution in [0.4, 0.5) is 4.39 Å². The van der Waals surface area contributed by atoms with Gasteiger partial charge in [-0.1, -0.05) is 6.92 Å². The van der Waals surface area contributed by atoms with Gasteiger partial charge in [0.2, 0.25) is 0 Å². The highest BCUT2D eigenvalue weighted by molar-refractivity contribution is 5.28. The number of nitrogens with one attached hydrogen (secondary N) is 1. The number of halogens is 1. The van der Waals surface area contributed by atoms with Gasteiger partial charge in [-0.25, -0.2) is 4.39 Å². The smallest absolute Gasteiger partial charge is 0.141 e. The summed E-state index contributed by atoms with van der Waals surface area (Å²) in [5.41, 5.74) is 1.37. The van der Waals surface area contributed by atoms with Crippen LogP contribution >= 0.6 is 0 Å². The van der Waals surface area contributed by atoms with Crippen molar-refractivity contribution in [3.63, 3.8) is 0 Å². The first kappa shape index (κ1) is 13.5. The van der Waals surface area contributed by atoms with E-state index in [0.29, 0.717) is 5.92 Å². The summed E-state index contributed by atoms with van der Waals surface area (Å²) in [4.78, 5) is 4.28. The third-order valence-electron chi connectivity index (χ3n) is 3.98. The lowest BCUT2D eigenvalue weighted by Gasteiger charge is -2.22. The Hall–Kier alpha value is -0.960. The normalized spacial score (nSPS) is 27.3. The van der Waals surface area contributed by atoms with E-state index in [9.17, 15) is 4.39 Å². The zero-order valence-corrected chi connectivity index (χ0v) is 11.8. The van der Waals surface area contributed by atoms with Crippen LogP contribution < -0.4 is 5.32 Å². The van der Waals surface area contributed by atoms with E-state index in [-0.39, 0.29) is 16.8 Å². The molecule has 3 heteroatoms. The third-order valence-corrected chi connectivity index (χ3v) is 3.98. The first-order valence-electron chi connectivity index (χ1n) is 6.74. The van der Waals surface area contributed by atoms with Gasteiger partial charge in [0.25, 0.3) is 0 Å². The predicted molar refractivity (Wildman–Crippen MR) is 72.0 cm³/mol. The largest absolute Gasteiger partial charge is 0.312 e. The molecule has 2 atom stereocenters. The summed E-state index contributed by atoms with van der Waals surface area (Å²) in [6.07, 6.45) is 3.56. The molecule has 0 radical (unpaired) electrons. The van der Waals surface area contributed by atoms with Crippen molar-refractivity contribution in [3.05, 3.63) is 29.8 Å². The Labute approximate surface area is 109 Å². The average molecular weight is 250 g/mol. The van der Waals surface area contributed by atoms with Crippen LogP contribution in [0.15, 0.2) is 18.3 Å². The van der Waals surface area contributed by atoms with Gasteiger partial charge in [-0.2, -0.15) is 0 Å². The Morgan fingerprint density at radius 3 is 2.67 bits per heavy atom. The molecule has 18 heavy (non-hydrogen) atoms. The molecule has 0 spiro atoms. The molecule has 2 unspecified atom stereocenters. The van der Waals surface area contributed by atoms with Gasteiger partial charge in [-0.3, -0.25) is 4.98 Å². The minimum Gasteiger partial charge on any atom is -0.312 e. The van der Waals surface area contributed by atoms with Gasteiger partial charge >= 0.3 is 0 Å². The molecule has 1 aliphatic rings. The quantitative estimate of drug-likeness (QED) is 0.887. The minimum absolute atomic E-state index is 0.151. The van der Waals surface area contributed by atoms with Gasteiger partial charge in [0.1, 0.15) is 5.82 Å². The van der Waals surface area contributed by atoms with Gasteiger partial charge in [-0.05, 0) is 58.2 Å². The maximum Gasteiger partial charge on any atom is 0.141 e. The number of hydrogen-bond acceptors (Lipinski definition) is 2. The molecule has 0 aliphatic heterocycles. The van der Waals surface area contributed by atoms with Crippen molar-refractivity contribution in [2.75, 3.05) is 6.54 Å². The van der Waals surface area contributed by atoms with E-state index in [0.717, 1.165) is 25.1 Å². The van der Waals surface area contributed by atoms with E-state index >= 15 is 0 Å². The maximum atomic E-state index is 12.9. The second-order valence-electron chi connectivity index (χ2n) is 6.40. The van der Waals surface area contributed by atoms with Crippen molar-refractivity contribution in [1.82, 2.24) is 10.3 Å². The van der Waals surface area contributed by atoms with Gasteiger partial charge in [-0.15, -0.1) is 0 Å². The molecule has 1 aromatic rings. The summed E-state index contributed by atoms with van der Waals surface area (Å²) in [7, 11) is 0. The molecular weight excluding hydrogens is 227 g/mol. The van der Waals surface area contributed by atoms with Crippen LogP contribution in [-0.4, -0.2) is 17.1 Å². The Morgan fingerprint density at radius 1 is 1.44 bits per heavy atom. The number of aromatic nitrogens is 1. The fourth-order valence-electron chi connectivity index (χ4n) is 2.68. The van der Waals surface area contributed by atoms with Crippen molar-refractivity contribution >= 4 is 0 Å². The van der Waals surface area contributed by atoms with E-state index < -0.39 is 0 Å². The summed E-state index contributed by atoms with van der Waals surface area (Å²) in [5.74, 6) is 0.370. The predicted octanol–water partition coefficient (Wildman–Crippen LogP) is 3.28. The van der Waals surface area contributed by atoms with Crippen molar-refractivity contribution in [1.29, 1.82) is 0 Å². The molecule has 0 amide bonds. The van der Waals surface area contributed by atoms with E-state index in [4.69, 9.17) is 0 Å². The van der Waals surface area contributed by atoms with Crippen LogP contribution in [0.5, 0.6) is 0 Å². The van der Waals surface area contributed by atoms with Crippen LogP contribution in [0.25, 0.3) is 0 Å². The van der Waals surface area contributed by atoms with Crippen molar-refractivity contribution < 1.29 is 4.39 Å². The second kappa shape index (κ2) is 4.61. The lowest BCUT2D eigenvalue weighted by atomic mass is 9.94. The first-order valence-corrected chi connectivity index (χ1v) is 6.74. The number of hydrogen-bond donors (Lipinski definition) is 1. The van der Waals surface area contributed by atoms with Crippen molar-refractivity contribution in [2.45, 2.75) is 51.5 Å². The van der Waals surface area contributed by atoms with Gasteiger partial charge in [0, 0.05) is 16.6 Å². The zero-order chi connectivity index (χ0) is 13.4. The lowest BCUT2D eigenvalue weighted by molar-refractivity contribution is 0.400. The number of pyridine rings is 1. The van der Waals surface area contributed by atoms with Gasteiger partial charge < -0.3 is 5.32 Å². The van der Waals surface area contributed by atoms with Crippen LogP contribution in [-0.2, 0) is 5.41 Å². The average Bonchev–Trinajstić information content (AvgIpc) is 3.01. The second-order valence-corrected chi connectivity index (χ2v) is 6.40. The fourth-order valence-corrected chi connectivity index (χ4v) is 2.68. The molecular formula is C15H23FN2. The summed E-state index contributed by atoms with van der Waals surface area (Å²) in [6.45, 7) is 9.75. The zero-order valence-electron chi connectivity index (χ0n) is 11.8. The van der Waals surface area contributed by atoms with E-state index in [1.54, 1.807) is 0 Å². The molecule has 1 aromatic heterocycles.